The Morgan fingerprint density at radius 3 is 2.25 bits per heavy atom. The third-order valence-corrected chi connectivity index (χ3v) is 5.71. The van der Waals surface area contributed by atoms with Gasteiger partial charge in [-0.3, -0.25) is 4.98 Å². The lowest BCUT2D eigenvalue weighted by atomic mass is 9.95. The van der Waals surface area contributed by atoms with Gasteiger partial charge in [0, 0.05) is 25.3 Å². The van der Waals surface area contributed by atoms with Gasteiger partial charge in [0.05, 0.1) is 5.69 Å². The fourth-order valence-corrected chi connectivity index (χ4v) is 4.23. The van der Waals surface area contributed by atoms with Gasteiger partial charge in [0.15, 0.2) is 0 Å². The van der Waals surface area contributed by atoms with Gasteiger partial charge in [0.1, 0.15) is 11.2 Å². The zero-order chi connectivity index (χ0) is 23.1. The quantitative estimate of drug-likeness (QED) is 0.293. The molecule has 0 N–H and O–H groups in total. The molecule has 2 aromatic heterocycles. The first-order valence-electron chi connectivity index (χ1n) is 11.6. The second-order valence-corrected chi connectivity index (χ2v) is 7.75. The summed E-state index contributed by atoms with van der Waals surface area (Å²) < 4.78 is 23.9. The van der Waals surface area contributed by atoms with Crippen molar-refractivity contribution in [2.75, 3.05) is 0 Å². The van der Waals surface area contributed by atoms with Crippen LogP contribution in [-0.4, -0.2) is 4.98 Å². The maximum Gasteiger partial charge on any atom is 0.145 e. The molecule has 152 valence electrons. The number of nitrogens with zero attached hydrogens (tertiary/aromatic N) is 1. The molecule has 0 amide bonds. The van der Waals surface area contributed by atoms with Gasteiger partial charge in [0.25, 0.3) is 0 Å². The summed E-state index contributed by atoms with van der Waals surface area (Å²) in [6.07, 6.45) is 0.0287. The molecule has 0 aliphatic heterocycles. The first kappa shape index (κ1) is 16.5. The molecule has 0 bridgehead atoms. The Morgan fingerprint density at radius 1 is 0.688 bits per heavy atom. The SMILES string of the molecule is [2H]C([2H])(c1ccccc1)c1ccnc(-c2ccc(-c3ccccc3)c3c2oc2ccccc23)c1. The highest BCUT2D eigenvalue weighted by molar-refractivity contribution is 6.16. The van der Waals surface area contributed by atoms with E-state index < -0.39 is 6.37 Å². The number of rotatable bonds is 4. The predicted octanol–water partition coefficient (Wildman–Crippen LogP) is 7.91. The maximum atomic E-state index is 8.78. The van der Waals surface area contributed by atoms with Crippen LogP contribution in [0.4, 0.5) is 0 Å². The fraction of sp³-hybridized carbons (Fsp3) is 0.0333. The van der Waals surface area contributed by atoms with Crippen LogP contribution in [0.3, 0.4) is 0 Å². The highest BCUT2D eigenvalue weighted by Crippen LogP contribution is 2.41. The van der Waals surface area contributed by atoms with Crippen molar-refractivity contribution < 1.29 is 7.16 Å². The molecule has 0 aliphatic carbocycles. The van der Waals surface area contributed by atoms with Crippen LogP contribution in [-0.2, 0) is 6.37 Å². The van der Waals surface area contributed by atoms with Crippen molar-refractivity contribution >= 4 is 21.9 Å². The number of para-hydroxylation sites is 1. The van der Waals surface area contributed by atoms with Crippen LogP contribution >= 0.6 is 0 Å². The van der Waals surface area contributed by atoms with Crippen LogP contribution in [0, 0.1) is 0 Å². The third-order valence-electron chi connectivity index (χ3n) is 5.71. The van der Waals surface area contributed by atoms with Crippen LogP contribution in [0.2, 0.25) is 0 Å². The summed E-state index contributed by atoms with van der Waals surface area (Å²) in [5.74, 6) is 0. The number of hydrogen-bond acceptors (Lipinski definition) is 2. The van der Waals surface area contributed by atoms with Crippen LogP contribution in [0.1, 0.15) is 13.9 Å². The van der Waals surface area contributed by atoms with Crippen molar-refractivity contribution in [2.45, 2.75) is 6.37 Å². The van der Waals surface area contributed by atoms with Gasteiger partial charge >= 0.3 is 0 Å². The number of hydrogen-bond donors (Lipinski definition) is 0. The van der Waals surface area contributed by atoms with Gasteiger partial charge in [0.2, 0.25) is 0 Å². The minimum Gasteiger partial charge on any atom is -0.455 e. The van der Waals surface area contributed by atoms with Crippen LogP contribution < -0.4 is 0 Å². The van der Waals surface area contributed by atoms with Crippen molar-refractivity contribution in [1.29, 1.82) is 0 Å². The van der Waals surface area contributed by atoms with E-state index >= 15 is 0 Å². The Morgan fingerprint density at radius 2 is 1.41 bits per heavy atom. The summed E-state index contributed by atoms with van der Waals surface area (Å²) in [5, 5.41) is 2.09. The van der Waals surface area contributed by atoms with Gasteiger partial charge in [-0.05, 0) is 52.9 Å². The monoisotopic (exact) mass is 413 g/mol. The number of benzene rings is 4. The third kappa shape index (κ3) is 3.27. The van der Waals surface area contributed by atoms with Gasteiger partial charge < -0.3 is 4.42 Å². The average molecular weight is 414 g/mol. The Labute approximate surface area is 189 Å². The lowest BCUT2D eigenvalue weighted by Crippen LogP contribution is -1.92. The van der Waals surface area contributed by atoms with Gasteiger partial charge in [-0.2, -0.15) is 0 Å². The van der Waals surface area contributed by atoms with Crippen molar-refractivity contribution in [3.63, 3.8) is 0 Å². The second-order valence-electron chi connectivity index (χ2n) is 7.75. The van der Waals surface area contributed by atoms with Crippen LogP contribution in [0.5, 0.6) is 0 Å². The normalized spacial score (nSPS) is 12.6. The molecule has 0 fully saturated rings. The van der Waals surface area contributed by atoms with Gasteiger partial charge in [-0.1, -0.05) is 84.9 Å². The second kappa shape index (κ2) is 7.82. The molecule has 6 rings (SSSR count). The highest BCUT2D eigenvalue weighted by atomic mass is 16.3. The van der Waals surface area contributed by atoms with E-state index in [-0.39, 0.29) is 0 Å². The molecule has 2 nitrogen and oxygen atoms in total. The highest BCUT2D eigenvalue weighted by Gasteiger charge is 2.17. The van der Waals surface area contributed by atoms with E-state index in [2.05, 4.69) is 29.2 Å². The number of pyridine rings is 1. The molecule has 0 aliphatic rings. The Bertz CT molecular complexity index is 1620. The van der Waals surface area contributed by atoms with E-state index in [1.165, 1.54) is 0 Å². The first-order chi connectivity index (χ1) is 16.6. The molecular formula is C30H21NO. The number of furan rings is 1. The first-order valence-corrected chi connectivity index (χ1v) is 10.6. The van der Waals surface area contributed by atoms with Crippen LogP contribution in [0.25, 0.3) is 44.3 Å². The Balaban J connectivity index is 1.58. The molecule has 32 heavy (non-hydrogen) atoms. The summed E-state index contributed by atoms with van der Waals surface area (Å²) in [5.41, 5.74) is 6.48. The van der Waals surface area contributed by atoms with Gasteiger partial charge in [-0.25, -0.2) is 0 Å². The summed E-state index contributed by atoms with van der Waals surface area (Å²) in [6, 6.07) is 35.3. The van der Waals surface area contributed by atoms with Gasteiger partial charge in [-0.15, -0.1) is 0 Å². The number of fused-ring (bicyclic) bond motifs is 3. The average Bonchev–Trinajstić information content (AvgIpc) is 3.29. The minimum atomic E-state index is -1.64. The molecule has 4 aromatic carbocycles. The molecule has 6 aromatic rings. The fourth-order valence-electron chi connectivity index (χ4n) is 4.23. The summed E-state index contributed by atoms with van der Waals surface area (Å²) >= 11 is 0. The largest absolute Gasteiger partial charge is 0.455 e. The van der Waals surface area contributed by atoms with E-state index in [1.54, 1.807) is 12.3 Å². The molecular weight excluding hydrogens is 390 g/mol. The maximum absolute atomic E-state index is 8.78. The van der Waals surface area contributed by atoms with E-state index in [1.807, 2.05) is 78.9 Å². The Kier molecular flexibility index (Phi) is 4.04. The van der Waals surface area contributed by atoms with E-state index in [9.17, 15) is 0 Å². The standard InChI is InChI=1S/C30H21NO/c1-3-9-21(10-4-1)19-22-17-18-31-27(20-22)25-16-15-24(23-11-5-2-6-12-23)29-26-13-7-8-14-28(26)32-30(25)29/h1-18,20H,19H2/i19D2. The zero-order valence-corrected chi connectivity index (χ0v) is 17.3. The molecule has 0 saturated carbocycles. The zero-order valence-electron chi connectivity index (χ0n) is 19.3. The minimum absolute atomic E-state index is 0.556. The topological polar surface area (TPSA) is 26.0 Å². The van der Waals surface area contributed by atoms with Crippen molar-refractivity contribution in [3.8, 4) is 22.4 Å². The summed E-state index contributed by atoms with van der Waals surface area (Å²) in [6.45, 7) is 0. The van der Waals surface area contributed by atoms with E-state index in [0.717, 1.165) is 38.6 Å². The van der Waals surface area contributed by atoms with Crippen molar-refractivity contribution in [1.82, 2.24) is 4.98 Å². The Hall–Kier alpha value is -4.17. The molecule has 0 spiro atoms. The molecule has 0 saturated heterocycles. The smallest absolute Gasteiger partial charge is 0.145 e. The molecule has 0 atom stereocenters. The van der Waals surface area contributed by atoms with E-state index in [4.69, 9.17) is 7.16 Å². The predicted molar refractivity (Wildman–Crippen MR) is 132 cm³/mol. The summed E-state index contributed by atoms with van der Waals surface area (Å²) in [7, 11) is 0. The van der Waals surface area contributed by atoms with Crippen LogP contribution in [0.15, 0.2) is 120 Å². The number of aromatic nitrogens is 1. The molecule has 2 heterocycles. The molecule has 2 heteroatoms. The summed E-state index contributed by atoms with van der Waals surface area (Å²) in [4.78, 5) is 4.61. The lowest BCUT2D eigenvalue weighted by molar-refractivity contribution is 0.670. The van der Waals surface area contributed by atoms with E-state index in [0.29, 0.717) is 16.8 Å². The van der Waals surface area contributed by atoms with Crippen molar-refractivity contribution in [2.24, 2.45) is 0 Å². The lowest BCUT2D eigenvalue weighted by Gasteiger charge is -2.09. The molecule has 0 unspecified atom stereocenters. The molecule has 0 radical (unpaired) electrons. The van der Waals surface area contributed by atoms with Crippen molar-refractivity contribution in [3.05, 3.63) is 127 Å².